The number of furan rings is 1. The fourth-order valence-corrected chi connectivity index (χ4v) is 7.89. The Morgan fingerprint density at radius 1 is 0.878 bits per heavy atom. The van der Waals surface area contributed by atoms with Gasteiger partial charge in [0.05, 0.1) is 37.2 Å². The maximum absolute atomic E-state index is 13.6. The average molecular weight is 691 g/mol. The number of carbonyl (C=O) groups is 6. The van der Waals surface area contributed by atoms with Gasteiger partial charge in [-0.15, -0.1) is 0 Å². The lowest BCUT2D eigenvalue weighted by Gasteiger charge is -2.54. The molecule has 2 saturated heterocycles. The number of hydrogen-bond donors (Lipinski definition) is 0. The standard InChI is InChI=1S/C34H42O15/c1-16(35)43-15-26-28(44-17(2)36)29(45-18(3)37)30(46-19(4)38)33(49-26)48-24-10-9-22-21(27(24)32(40)41-6)7-8-23-31(39)47-25(13-34(22,23)5)20-11-12-42-14-20/h11-12,14,22-26,28-30,33H,7-10,13,15H2,1-6H3. The molecule has 2 aliphatic carbocycles. The van der Waals surface area contributed by atoms with E-state index >= 15 is 0 Å². The van der Waals surface area contributed by atoms with Crippen molar-refractivity contribution >= 4 is 35.8 Å². The SMILES string of the molecule is COC(=O)C1=C2CCC3C(=O)OC(c4ccoc4)CC3(C)C2CCC1OC1OC(COC(C)=O)C(OC(C)=O)C(OC(C)=O)C1OC(C)=O. The number of allylic oxidation sites excluding steroid dienone is 1. The highest BCUT2D eigenvalue weighted by Gasteiger charge is 2.58. The second kappa shape index (κ2) is 14.7. The van der Waals surface area contributed by atoms with Crippen molar-refractivity contribution in [2.75, 3.05) is 13.7 Å². The summed E-state index contributed by atoms with van der Waals surface area (Å²) < 4.78 is 50.7. The molecule has 10 unspecified atom stereocenters. The van der Waals surface area contributed by atoms with Crippen LogP contribution in [0.1, 0.15) is 78.4 Å². The molecular weight excluding hydrogens is 648 g/mol. The predicted octanol–water partition coefficient (Wildman–Crippen LogP) is 3.03. The maximum Gasteiger partial charge on any atom is 0.336 e. The maximum atomic E-state index is 13.6. The van der Waals surface area contributed by atoms with E-state index in [1.807, 2.05) is 6.92 Å². The van der Waals surface area contributed by atoms with Crippen LogP contribution in [0, 0.1) is 17.3 Å². The Hall–Kier alpha value is -4.24. The Morgan fingerprint density at radius 2 is 1.55 bits per heavy atom. The van der Waals surface area contributed by atoms with Gasteiger partial charge in [0.15, 0.2) is 24.6 Å². The Morgan fingerprint density at radius 3 is 2.16 bits per heavy atom. The number of carbonyl (C=O) groups excluding carboxylic acids is 6. The van der Waals surface area contributed by atoms with Crippen LogP contribution >= 0.6 is 0 Å². The van der Waals surface area contributed by atoms with Crippen LogP contribution in [-0.2, 0) is 66.7 Å². The fourth-order valence-electron chi connectivity index (χ4n) is 7.89. The third kappa shape index (κ3) is 7.52. The van der Waals surface area contributed by atoms with Crippen LogP contribution in [0.5, 0.6) is 0 Å². The van der Waals surface area contributed by atoms with Gasteiger partial charge in [0.2, 0.25) is 0 Å². The molecule has 10 atom stereocenters. The normalized spacial score (nSPS) is 34.0. The second-order valence-corrected chi connectivity index (χ2v) is 13.0. The average Bonchev–Trinajstić information content (AvgIpc) is 3.57. The number of methoxy groups -OCH3 is 1. The Balaban J connectivity index is 1.51. The molecule has 1 aromatic rings. The zero-order chi connectivity index (χ0) is 35.6. The molecule has 0 spiro atoms. The summed E-state index contributed by atoms with van der Waals surface area (Å²) in [4.78, 5) is 75.4. The van der Waals surface area contributed by atoms with E-state index in [1.165, 1.54) is 20.3 Å². The summed E-state index contributed by atoms with van der Waals surface area (Å²) in [5.41, 5.74) is 1.22. The third-order valence-electron chi connectivity index (χ3n) is 9.84. The van der Waals surface area contributed by atoms with Crippen molar-refractivity contribution in [2.24, 2.45) is 17.3 Å². The van der Waals surface area contributed by atoms with Crippen LogP contribution < -0.4 is 0 Å². The summed E-state index contributed by atoms with van der Waals surface area (Å²) in [6.07, 6.45) is -3.19. The van der Waals surface area contributed by atoms with Crippen LogP contribution in [-0.4, -0.2) is 86.3 Å². The van der Waals surface area contributed by atoms with Crippen LogP contribution in [0.2, 0.25) is 0 Å². The minimum atomic E-state index is -1.48. The van der Waals surface area contributed by atoms with Crippen molar-refractivity contribution in [3.63, 3.8) is 0 Å². The zero-order valence-electron chi connectivity index (χ0n) is 28.3. The van der Waals surface area contributed by atoms with Crippen molar-refractivity contribution < 1.29 is 71.1 Å². The Bertz CT molecular complexity index is 1480. The van der Waals surface area contributed by atoms with Gasteiger partial charge in [-0.1, -0.05) is 12.5 Å². The van der Waals surface area contributed by atoms with E-state index in [0.717, 1.165) is 31.9 Å². The first-order chi connectivity index (χ1) is 23.2. The first-order valence-corrected chi connectivity index (χ1v) is 16.2. The van der Waals surface area contributed by atoms with Crippen molar-refractivity contribution in [3.8, 4) is 0 Å². The topological polar surface area (TPSA) is 189 Å². The summed E-state index contributed by atoms with van der Waals surface area (Å²) in [5.74, 6) is -4.50. The van der Waals surface area contributed by atoms with Crippen molar-refractivity contribution in [1.82, 2.24) is 0 Å². The van der Waals surface area contributed by atoms with E-state index in [-0.39, 0.29) is 29.8 Å². The van der Waals surface area contributed by atoms with E-state index in [1.54, 1.807) is 12.3 Å². The van der Waals surface area contributed by atoms with Gasteiger partial charge in [0, 0.05) is 33.3 Å². The van der Waals surface area contributed by atoms with Crippen LogP contribution in [0.4, 0.5) is 0 Å². The van der Waals surface area contributed by atoms with E-state index in [2.05, 4.69) is 0 Å². The largest absolute Gasteiger partial charge is 0.472 e. The molecule has 0 bridgehead atoms. The van der Waals surface area contributed by atoms with E-state index < -0.39 is 84.8 Å². The molecule has 2 aliphatic heterocycles. The first-order valence-electron chi connectivity index (χ1n) is 16.2. The molecule has 5 rings (SSSR count). The molecule has 1 aromatic heterocycles. The summed E-state index contributed by atoms with van der Waals surface area (Å²) in [7, 11) is 1.26. The molecule has 0 N–H and O–H groups in total. The molecule has 0 radical (unpaired) electrons. The van der Waals surface area contributed by atoms with Crippen molar-refractivity contribution in [2.45, 2.75) is 110 Å². The molecule has 49 heavy (non-hydrogen) atoms. The molecule has 1 saturated carbocycles. The van der Waals surface area contributed by atoms with Crippen molar-refractivity contribution in [3.05, 3.63) is 35.3 Å². The molecule has 15 heteroatoms. The monoisotopic (exact) mass is 690 g/mol. The smallest absolute Gasteiger partial charge is 0.336 e. The summed E-state index contributed by atoms with van der Waals surface area (Å²) in [6.45, 7) is 6.18. The van der Waals surface area contributed by atoms with E-state index in [9.17, 15) is 28.8 Å². The first kappa shape index (κ1) is 36.1. The van der Waals surface area contributed by atoms with Gasteiger partial charge in [0.25, 0.3) is 0 Å². The molecule has 0 aromatic carbocycles. The third-order valence-corrected chi connectivity index (χ3v) is 9.84. The van der Waals surface area contributed by atoms with Crippen LogP contribution in [0.15, 0.2) is 34.2 Å². The lowest BCUT2D eigenvalue weighted by molar-refractivity contribution is -0.315. The highest BCUT2D eigenvalue weighted by molar-refractivity contribution is 5.91. The van der Waals surface area contributed by atoms with Crippen molar-refractivity contribution in [1.29, 1.82) is 0 Å². The minimum Gasteiger partial charge on any atom is -0.472 e. The summed E-state index contributed by atoms with van der Waals surface area (Å²) in [6, 6.07) is 1.76. The molecule has 15 nitrogen and oxygen atoms in total. The molecule has 3 heterocycles. The molecule has 0 amide bonds. The quantitative estimate of drug-likeness (QED) is 0.271. The number of cyclic esters (lactones) is 1. The lowest BCUT2D eigenvalue weighted by Crippen LogP contribution is -2.63. The Kier molecular flexibility index (Phi) is 10.8. The van der Waals surface area contributed by atoms with Gasteiger partial charge >= 0.3 is 35.8 Å². The van der Waals surface area contributed by atoms with Gasteiger partial charge in [-0.3, -0.25) is 24.0 Å². The van der Waals surface area contributed by atoms with Gasteiger partial charge in [-0.05, 0) is 49.5 Å². The highest BCUT2D eigenvalue weighted by atomic mass is 16.7. The highest BCUT2D eigenvalue weighted by Crippen LogP contribution is 2.60. The fraction of sp³-hybridized carbons (Fsp3) is 0.647. The minimum absolute atomic E-state index is 0.196. The van der Waals surface area contributed by atoms with Crippen LogP contribution in [0.25, 0.3) is 0 Å². The lowest BCUT2D eigenvalue weighted by atomic mass is 9.53. The number of fused-ring (bicyclic) bond motifs is 3. The molecular formula is C34H42O15. The summed E-state index contributed by atoms with van der Waals surface area (Å²) >= 11 is 0. The van der Waals surface area contributed by atoms with Gasteiger partial charge in [-0.25, -0.2) is 4.79 Å². The number of rotatable bonds is 9. The van der Waals surface area contributed by atoms with Gasteiger partial charge in [0.1, 0.15) is 18.8 Å². The molecule has 3 fully saturated rings. The Labute approximate surface area is 282 Å². The predicted molar refractivity (Wildman–Crippen MR) is 162 cm³/mol. The van der Waals surface area contributed by atoms with Gasteiger partial charge in [-0.2, -0.15) is 0 Å². The van der Waals surface area contributed by atoms with E-state index in [4.69, 9.17) is 42.3 Å². The number of ether oxygens (including phenoxy) is 8. The zero-order valence-corrected chi connectivity index (χ0v) is 28.3. The number of esters is 6. The van der Waals surface area contributed by atoms with E-state index in [0.29, 0.717) is 25.7 Å². The molecule has 4 aliphatic rings. The second-order valence-electron chi connectivity index (χ2n) is 13.0. The van der Waals surface area contributed by atoms with Crippen LogP contribution in [0.3, 0.4) is 0 Å². The van der Waals surface area contributed by atoms with Gasteiger partial charge < -0.3 is 42.3 Å². The molecule has 268 valence electrons. The summed E-state index contributed by atoms with van der Waals surface area (Å²) in [5, 5.41) is 0. The number of hydrogen-bond acceptors (Lipinski definition) is 15.